The van der Waals surface area contributed by atoms with Crippen molar-refractivity contribution in [2.24, 2.45) is 5.92 Å². The van der Waals surface area contributed by atoms with E-state index in [4.69, 9.17) is 9.47 Å². The molecule has 8 heteroatoms. The van der Waals surface area contributed by atoms with Gasteiger partial charge in [0, 0.05) is 11.3 Å². The van der Waals surface area contributed by atoms with Crippen molar-refractivity contribution in [1.82, 2.24) is 9.78 Å². The summed E-state index contributed by atoms with van der Waals surface area (Å²) in [5.74, 6) is -0.631. The first kappa shape index (κ1) is 19.4. The summed E-state index contributed by atoms with van der Waals surface area (Å²) in [6.07, 6.45) is -5.09. The Morgan fingerprint density at radius 3 is 2.52 bits per heavy atom. The molecular weight excluding hydrogens is 361 g/mol. The zero-order valence-corrected chi connectivity index (χ0v) is 15.1. The molecule has 5 nitrogen and oxygen atoms in total. The number of aryl methyl sites for hydroxylation is 1. The average molecular weight is 382 g/mol. The van der Waals surface area contributed by atoms with Gasteiger partial charge in [0.05, 0.1) is 18.0 Å². The molecular formula is C19H21F3N2O3. The minimum Gasteiger partial charge on any atom is -0.446 e. The SMILES string of the molecule is Cc1nn(-c2ccccc2)c(C)c1C(OC(=O)COCC1CC1)C(F)(F)F. The molecule has 0 amide bonds. The number of hydrogen-bond acceptors (Lipinski definition) is 4. The highest BCUT2D eigenvalue weighted by Gasteiger charge is 2.47. The number of halogens is 3. The summed E-state index contributed by atoms with van der Waals surface area (Å²) in [7, 11) is 0. The Hall–Kier alpha value is -2.35. The van der Waals surface area contributed by atoms with Crippen LogP contribution in [0.25, 0.3) is 5.69 Å². The van der Waals surface area contributed by atoms with Crippen molar-refractivity contribution in [2.75, 3.05) is 13.2 Å². The Balaban J connectivity index is 1.82. The van der Waals surface area contributed by atoms with E-state index < -0.39 is 24.9 Å². The monoisotopic (exact) mass is 382 g/mol. The normalized spacial score (nSPS) is 15.6. The van der Waals surface area contributed by atoms with Gasteiger partial charge >= 0.3 is 12.1 Å². The number of aromatic nitrogens is 2. The second-order valence-corrected chi connectivity index (χ2v) is 6.70. The fourth-order valence-corrected chi connectivity index (χ4v) is 2.90. The van der Waals surface area contributed by atoms with Gasteiger partial charge in [0.2, 0.25) is 6.10 Å². The third-order valence-corrected chi connectivity index (χ3v) is 4.43. The molecule has 0 bridgehead atoms. The lowest BCUT2D eigenvalue weighted by molar-refractivity contribution is -0.226. The number of carbonyl (C=O) groups excluding carboxylic acids is 1. The van der Waals surface area contributed by atoms with Crippen LogP contribution in [0.2, 0.25) is 0 Å². The maximum Gasteiger partial charge on any atom is 0.429 e. The van der Waals surface area contributed by atoms with Crippen LogP contribution in [-0.2, 0) is 14.3 Å². The van der Waals surface area contributed by atoms with Gasteiger partial charge in [-0.05, 0) is 44.7 Å². The van der Waals surface area contributed by atoms with E-state index in [1.54, 1.807) is 30.3 Å². The summed E-state index contributed by atoms with van der Waals surface area (Å²) in [6, 6.07) is 8.82. The van der Waals surface area contributed by atoms with Crippen LogP contribution in [0.3, 0.4) is 0 Å². The Morgan fingerprint density at radius 2 is 1.93 bits per heavy atom. The fourth-order valence-electron chi connectivity index (χ4n) is 2.90. The predicted molar refractivity (Wildman–Crippen MR) is 91.5 cm³/mol. The maximum absolute atomic E-state index is 13.6. The molecule has 2 aromatic rings. The van der Waals surface area contributed by atoms with Gasteiger partial charge in [-0.15, -0.1) is 0 Å². The van der Waals surface area contributed by atoms with Crippen LogP contribution in [-0.4, -0.2) is 35.1 Å². The van der Waals surface area contributed by atoms with Gasteiger partial charge in [-0.1, -0.05) is 18.2 Å². The highest BCUT2D eigenvalue weighted by Crippen LogP contribution is 2.39. The fraction of sp³-hybridized carbons (Fsp3) is 0.474. The molecule has 1 heterocycles. The lowest BCUT2D eigenvalue weighted by atomic mass is 10.1. The van der Waals surface area contributed by atoms with Crippen LogP contribution in [0, 0.1) is 19.8 Å². The molecule has 1 aliphatic rings. The van der Waals surface area contributed by atoms with Gasteiger partial charge in [0.15, 0.2) is 0 Å². The number of rotatable bonds is 7. The van der Waals surface area contributed by atoms with E-state index in [0.717, 1.165) is 12.8 Å². The van der Waals surface area contributed by atoms with Crippen molar-refractivity contribution in [3.05, 3.63) is 47.3 Å². The van der Waals surface area contributed by atoms with Crippen molar-refractivity contribution < 1.29 is 27.4 Å². The number of ether oxygens (including phenoxy) is 2. The lowest BCUT2D eigenvalue weighted by Crippen LogP contribution is -2.29. The molecule has 0 aliphatic heterocycles. The molecule has 1 aromatic heterocycles. The second-order valence-electron chi connectivity index (χ2n) is 6.70. The molecule has 1 atom stereocenters. The van der Waals surface area contributed by atoms with Gasteiger partial charge in [0.1, 0.15) is 6.61 Å². The van der Waals surface area contributed by atoms with Gasteiger partial charge in [-0.2, -0.15) is 18.3 Å². The summed E-state index contributed by atoms with van der Waals surface area (Å²) in [4.78, 5) is 11.9. The first-order chi connectivity index (χ1) is 12.8. The summed E-state index contributed by atoms with van der Waals surface area (Å²) >= 11 is 0. The quantitative estimate of drug-likeness (QED) is 0.678. The second kappa shape index (κ2) is 7.72. The minimum atomic E-state index is -4.76. The largest absolute Gasteiger partial charge is 0.446 e. The molecule has 1 unspecified atom stereocenters. The number of carbonyl (C=O) groups is 1. The first-order valence-electron chi connectivity index (χ1n) is 8.73. The van der Waals surface area contributed by atoms with Gasteiger partial charge in [-0.25, -0.2) is 9.48 Å². The summed E-state index contributed by atoms with van der Waals surface area (Å²) in [6.45, 7) is 2.88. The molecule has 27 heavy (non-hydrogen) atoms. The molecule has 1 aliphatic carbocycles. The molecule has 0 radical (unpaired) electrons. The number of alkyl halides is 3. The Bertz CT molecular complexity index is 799. The Morgan fingerprint density at radius 1 is 1.26 bits per heavy atom. The summed E-state index contributed by atoms with van der Waals surface area (Å²) in [5, 5.41) is 4.21. The third-order valence-electron chi connectivity index (χ3n) is 4.43. The molecule has 1 saturated carbocycles. The van der Waals surface area contributed by atoms with E-state index in [9.17, 15) is 18.0 Å². The van der Waals surface area contributed by atoms with Crippen LogP contribution < -0.4 is 0 Å². The van der Waals surface area contributed by atoms with E-state index >= 15 is 0 Å². The molecule has 0 N–H and O–H groups in total. The molecule has 146 valence electrons. The molecule has 0 spiro atoms. The van der Waals surface area contributed by atoms with E-state index in [1.807, 2.05) is 0 Å². The zero-order valence-electron chi connectivity index (χ0n) is 15.1. The van der Waals surface area contributed by atoms with Crippen LogP contribution in [0.15, 0.2) is 30.3 Å². The van der Waals surface area contributed by atoms with E-state index in [-0.39, 0.29) is 17.0 Å². The van der Waals surface area contributed by atoms with Crippen LogP contribution in [0.1, 0.15) is 35.9 Å². The number of para-hydroxylation sites is 1. The van der Waals surface area contributed by atoms with Crippen molar-refractivity contribution in [3.8, 4) is 5.69 Å². The third kappa shape index (κ3) is 4.68. The molecule has 3 rings (SSSR count). The molecule has 1 aromatic carbocycles. The van der Waals surface area contributed by atoms with E-state index in [0.29, 0.717) is 18.2 Å². The van der Waals surface area contributed by atoms with Crippen molar-refractivity contribution in [2.45, 2.75) is 39.0 Å². The number of hydrogen-bond donors (Lipinski definition) is 0. The van der Waals surface area contributed by atoms with E-state index in [1.165, 1.54) is 18.5 Å². The first-order valence-corrected chi connectivity index (χ1v) is 8.73. The minimum absolute atomic E-state index is 0.151. The maximum atomic E-state index is 13.6. The Labute approximate surface area is 155 Å². The predicted octanol–water partition coefficient (Wildman–Crippen LogP) is 4.06. The summed E-state index contributed by atoms with van der Waals surface area (Å²) < 4.78 is 52.3. The number of nitrogens with zero attached hydrogens (tertiary/aromatic N) is 2. The van der Waals surface area contributed by atoms with Crippen LogP contribution in [0.4, 0.5) is 13.2 Å². The average Bonchev–Trinajstić information content (AvgIpc) is 3.38. The lowest BCUT2D eigenvalue weighted by Gasteiger charge is -2.21. The number of esters is 1. The van der Waals surface area contributed by atoms with Crippen molar-refractivity contribution in [1.29, 1.82) is 0 Å². The standard InChI is InChI=1S/C19H21F3N2O3/c1-12-17(13(2)24(23-12)15-6-4-3-5-7-15)18(19(20,21)22)27-16(25)11-26-10-14-8-9-14/h3-7,14,18H,8-11H2,1-2H3. The van der Waals surface area contributed by atoms with Gasteiger partial charge < -0.3 is 9.47 Å². The van der Waals surface area contributed by atoms with Crippen molar-refractivity contribution >= 4 is 5.97 Å². The smallest absolute Gasteiger partial charge is 0.429 e. The Kier molecular flexibility index (Phi) is 5.55. The van der Waals surface area contributed by atoms with Gasteiger partial charge in [-0.3, -0.25) is 0 Å². The number of benzene rings is 1. The van der Waals surface area contributed by atoms with Gasteiger partial charge in [0.25, 0.3) is 0 Å². The highest BCUT2D eigenvalue weighted by molar-refractivity contribution is 5.71. The van der Waals surface area contributed by atoms with E-state index in [2.05, 4.69) is 5.10 Å². The van der Waals surface area contributed by atoms with Crippen LogP contribution >= 0.6 is 0 Å². The highest BCUT2D eigenvalue weighted by atomic mass is 19.4. The summed E-state index contributed by atoms with van der Waals surface area (Å²) in [5.41, 5.74) is 0.907. The zero-order chi connectivity index (χ0) is 19.6. The van der Waals surface area contributed by atoms with Crippen LogP contribution in [0.5, 0.6) is 0 Å². The topological polar surface area (TPSA) is 53.4 Å². The van der Waals surface area contributed by atoms with Crippen molar-refractivity contribution in [3.63, 3.8) is 0 Å². The molecule has 1 fully saturated rings. The molecule has 0 saturated heterocycles.